The number of benzene rings is 4. The predicted octanol–water partition coefficient (Wildman–Crippen LogP) is 7.08. The van der Waals surface area contributed by atoms with Gasteiger partial charge in [0, 0.05) is 10.4 Å². The first-order chi connectivity index (χ1) is 17.5. The van der Waals surface area contributed by atoms with Gasteiger partial charge in [0.1, 0.15) is 16.3 Å². The van der Waals surface area contributed by atoms with Gasteiger partial charge in [-0.2, -0.15) is 13.5 Å². The van der Waals surface area contributed by atoms with Crippen molar-refractivity contribution in [3.63, 3.8) is 0 Å². The molecule has 190 valence electrons. The van der Waals surface area contributed by atoms with Gasteiger partial charge in [-0.15, -0.1) is 5.11 Å². The van der Waals surface area contributed by atoms with Crippen LogP contribution in [0.4, 0.5) is 17.1 Å². The van der Waals surface area contributed by atoms with Crippen LogP contribution in [0.3, 0.4) is 0 Å². The minimum absolute atomic E-state index is 0.00990. The maximum atomic E-state index is 13.2. The van der Waals surface area contributed by atoms with E-state index in [1.54, 1.807) is 43.3 Å². The number of halogens is 2. The van der Waals surface area contributed by atoms with Gasteiger partial charge in [0.15, 0.2) is 5.75 Å². The summed E-state index contributed by atoms with van der Waals surface area (Å²) in [6, 6.07) is 15.6. The molecule has 0 heterocycles. The zero-order valence-electron chi connectivity index (χ0n) is 19.4. The number of amides is 1. The lowest BCUT2D eigenvalue weighted by Gasteiger charge is -2.13. The third-order valence-corrected chi connectivity index (χ3v) is 6.99. The molecule has 0 spiro atoms. The molecular weight excluding hydrogens is 541 g/mol. The highest BCUT2D eigenvalue weighted by Gasteiger charge is 2.21. The van der Waals surface area contributed by atoms with E-state index in [9.17, 15) is 22.9 Å². The number of hydrogen-bond donors (Lipinski definition) is 3. The summed E-state index contributed by atoms with van der Waals surface area (Å²) in [5.41, 5.74) is 0.785. The average molecular weight is 560 g/mol. The third kappa shape index (κ3) is 5.52. The number of fused-ring (bicyclic) bond motifs is 1. The molecule has 4 aromatic rings. The van der Waals surface area contributed by atoms with Crippen molar-refractivity contribution in [1.29, 1.82) is 0 Å². The zero-order chi connectivity index (χ0) is 26.9. The Kier molecular flexibility index (Phi) is 7.37. The van der Waals surface area contributed by atoms with E-state index in [0.29, 0.717) is 32.8 Å². The van der Waals surface area contributed by atoms with Crippen LogP contribution in [-0.2, 0) is 10.1 Å². The van der Waals surface area contributed by atoms with Crippen LogP contribution in [0.5, 0.6) is 11.5 Å². The molecule has 4 rings (SSSR count). The Hall–Kier alpha value is -3.70. The molecule has 0 aliphatic heterocycles. The van der Waals surface area contributed by atoms with Crippen LogP contribution in [0.25, 0.3) is 10.8 Å². The second-order valence-electron chi connectivity index (χ2n) is 7.89. The summed E-state index contributed by atoms with van der Waals surface area (Å²) in [7, 11) is -3.08. The van der Waals surface area contributed by atoms with Crippen molar-refractivity contribution in [1.82, 2.24) is 0 Å². The van der Waals surface area contributed by atoms with E-state index < -0.39 is 26.7 Å². The molecular formula is C25H19Cl2N3O6S. The molecule has 0 atom stereocenters. The number of phenolic OH excluding ortho intramolecular Hbond substituents is 1. The summed E-state index contributed by atoms with van der Waals surface area (Å²) >= 11 is 12.1. The number of nitrogens with zero attached hydrogens (tertiary/aromatic N) is 2. The van der Waals surface area contributed by atoms with Crippen LogP contribution in [-0.4, -0.2) is 31.1 Å². The highest BCUT2D eigenvalue weighted by molar-refractivity contribution is 7.86. The maximum absolute atomic E-state index is 13.2. The molecule has 37 heavy (non-hydrogen) atoms. The Morgan fingerprint density at radius 2 is 1.76 bits per heavy atom. The summed E-state index contributed by atoms with van der Waals surface area (Å²) < 4.78 is 37.6. The molecule has 0 saturated carbocycles. The minimum Gasteiger partial charge on any atom is -0.505 e. The van der Waals surface area contributed by atoms with Gasteiger partial charge in [0.05, 0.1) is 29.1 Å². The number of azo groups is 1. The lowest BCUT2D eigenvalue weighted by atomic mass is 10.0. The fourth-order valence-electron chi connectivity index (χ4n) is 3.61. The number of aryl methyl sites for hydroxylation is 1. The first-order valence-electron chi connectivity index (χ1n) is 10.6. The van der Waals surface area contributed by atoms with Crippen molar-refractivity contribution in [2.24, 2.45) is 10.2 Å². The summed E-state index contributed by atoms with van der Waals surface area (Å²) in [4.78, 5) is 12.7. The van der Waals surface area contributed by atoms with Crippen LogP contribution in [0.15, 0.2) is 75.8 Å². The quantitative estimate of drug-likeness (QED) is 0.170. The molecule has 0 aliphatic carbocycles. The Morgan fingerprint density at radius 1 is 1.03 bits per heavy atom. The number of anilines is 1. The Bertz CT molecular complexity index is 1690. The Labute approximate surface area is 222 Å². The third-order valence-electron chi connectivity index (χ3n) is 5.44. The van der Waals surface area contributed by atoms with Gasteiger partial charge < -0.3 is 15.2 Å². The predicted molar refractivity (Wildman–Crippen MR) is 142 cm³/mol. The van der Waals surface area contributed by atoms with E-state index in [1.165, 1.54) is 25.3 Å². The number of phenols is 1. The van der Waals surface area contributed by atoms with Gasteiger partial charge in [0.25, 0.3) is 16.0 Å². The summed E-state index contributed by atoms with van der Waals surface area (Å²) in [5, 5.41) is 23.3. The summed E-state index contributed by atoms with van der Waals surface area (Å²) in [6.45, 7) is 1.56. The second-order valence-corrected chi connectivity index (χ2v) is 10.1. The van der Waals surface area contributed by atoms with Gasteiger partial charge in [0.2, 0.25) is 0 Å². The topological polar surface area (TPSA) is 138 Å². The van der Waals surface area contributed by atoms with Crippen molar-refractivity contribution in [3.05, 3.63) is 81.8 Å². The maximum Gasteiger partial charge on any atom is 0.296 e. The summed E-state index contributed by atoms with van der Waals surface area (Å²) in [5.74, 6) is -0.699. The van der Waals surface area contributed by atoms with Crippen molar-refractivity contribution in [2.75, 3.05) is 12.4 Å². The number of hydrogen-bond acceptors (Lipinski definition) is 7. The normalized spacial score (nSPS) is 11.7. The van der Waals surface area contributed by atoms with Crippen LogP contribution >= 0.6 is 23.2 Å². The number of carbonyl (C=O) groups excluding carboxylic acids is 1. The van der Waals surface area contributed by atoms with Gasteiger partial charge in [-0.05, 0) is 54.3 Å². The molecule has 1 amide bonds. The molecule has 0 unspecified atom stereocenters. The van der Waals surface area contributed by atoms with E-state index in [-0.39, 0.29) is 22.0 Å². The minimum atomic E-state index is -4.53. The van der Waals surface area contributed by atoms with Crippen LogP contribution < -0.4 is 10.1 Å². The van der Waals surface area contributed by atoms with Gasteiger partial charge >= 0.3 is 0 Å². The number of nitrogens with one attached hydrogen (secondary N) is 1. The van der Waals surface area contributed by atoms with E-state index in [2.05, 4.69) is 15.5 Å². The van der Waals surface area contributed by atoms with Crippen LogP contribution in [0.2, 0.25) is 10.0 Å². The van der Waals surface area contributed by atoms with Crippen LogP contribution in [0.1, 0.15) is 15.9 Å². The Morgan fingerprint density at radius 3 is 2.46 bits per heavy atom. The van der Waals surface area contributed by atoms with Crippen molar-refractivity contribution >= 4 is 67.1 Å². The lowest BCUT2D eigenvalue weighted by Crippen LogP contribution is -2.13. The molecule has 0 aromatic heterocycles. The monoisotopic (exact) mass is 559 g/mol. The van der Waals surface area contributed by atoms with Gasteiger partial charge in [-0.3, -0.25) is 9.35 Å². The molecule has 4 aromatic carbocycles. The number of rotatable bonds is 6. The van der Waals surface area contributed by atoms with E-state index in [0.717, 1.165) is 6.07 Å². The van der Waals surface area contributed by atoms with E-state index in [1.807, 2.05) is 0 Å². The van der Waals surface area contributed by atoms with Crippen molar-refractivity contribution < 1.29 is 27.6 Å². The average Bonchev–Trinajstić information content (AvgIpc) is 2.84. The van der Waals surface area contributed by atoms with E-state index in [4.69, 9.17) is 27.9 Å². The molecule has 12 heteroatoms. The molecule has 0 aliphatic rings. The van der Waals surface area contributed by atoms with Gasteiger partial charge in [-0.25, -0.2) is 0 Å². The standard InChI is InChI=1S/C25H19Cl2N3O6S/c1-13-9-22(37(33,34)35)18(27)12-19(13)29-30-23-16-6-4-3-5-14(16)10-17(24(23)31)25(32)28-20-11-15(26)7-8-21(20)36-2/h3-12,31H,1-2H3,(H,28,32)(H,33,34,35). The fourth-order valence-corrected chi connectivity index (χ4v) is 4.87. The molecule has 9 nitrogen and oxygen atoms in total. The molecule has 0 saturated heterocycles. The smallest absolute Gasteiger partial charge is 0.296 e. The highest BCUT2D eigenvalue weighted by Crippen LogP contribution is 2.41. The summed E-state index contributed by atoms with van der Waals surface area (Å²) in [6.07, 6.45) is 0. The fraction of sp³-hybridized carbons (Fsp3) is 0.0800. The van der Waals surface area contributed by atoms with Crippen molar-refractivity contribution in [2.45, 2.75) is 11.8 Å². The molecule has 0 fully saturated rings. The largest absolute Gasteiger partial charge is 0.505 e. The first kappa shape index (κ1) is 26.4. The highest BCUT2D eigenvalue weighted by atomic mass is 35.5. The van der Waals surface area contributed by atoms with Crippen LogP contribution in [0, 0.1) is 6.92 Å². The molecule has 0 radical (unpaired) electrons. The number of ether oxygens (including phenoxy) is 1. The Balaban J connectivity index is 1.80. The molecule has 0 bridgehead atoms. The van der Waals surface area contributed by atoms with Crippen molar-refractivity contribution in [3.8, 4) is 11.5 Å². The first-order valence-corrected chi connectivity index (χ1v) is 12.8. The molecule has 3 N–H and O–H groups in total. The zero-order valence-corrected chi connectivity index (χ0v) is 21.7. The number of methoxy groups -OCH3 is 1. The SMILES string of the molecule is COc1ccc(Cl)cc1NC(=O)c1cc2ccccc2c(N=Nc2cc(Cl)c(S(=O)(=O)O)cc2C)c1O. The second kappa shape index (κ2) is 10.3. The van der Waals surface area contributed by atoms with Gasteiger partial charge in [-0.1, -0.05) is 47.5 Å². The number of aromatic hydroxyl groups is 1. The number of carbonyl (C=O) groups is 1. The lowest BCUT2D eigenvalue weighted by molar-refractivity contribution is 0.102. The van der Waals surface area contributed by atoms with E-state index >= 15 is 0 Å².